The maximum absolute atomic E-state index is 2.45. The maximum atomic E-state index is 2.45. The molecular weight excluding hydrogens is 206 g/mol. The third kappa shape index (κ3) is 6.45. The van der Waals surface area contributed by atoms with E-state index in [9.17, 15) is 0 Å². The minimum Gasteiger partial charge on any atom is -0.307 e. The van der Waals surface area contributed by atoms with Gasteiger partial charge in [0.1, 0.15) is 0 Å². The first-order chi connectivity index (χ1) is 8.03. The van der Waals surface area contributed by atoms with Gasteiger partial charge >= 0.3 is 0 Å². The Balaban J connectivity index is 4.24. The average molecular weight is 241 g/mol. The van der Waals surface area contributed by atoms with E-state index in [4.69, 9.17) is 0 Å². The zero-order valence-electron chi connectivity index (χ0n) is 13.2. The standard InChI is InChI=1S/C16H35N/c1-7-15(5)11-12-16(8-2,9-3)13-14-17(6)10-4/h15H,7-14H2,1-6H3. The molecule has 0 fully saturated rings. The fourth-order valence-corrected chi connectivity index (χ4v) is 2.42. The maximum Gasteiger partial charge on any atom is -0.00166 e. The van der Waals surface area contributed by atoms with Crippen LogP contribution in [0, 0.1) is 11.3 Å². The van der Waals surface area contributed by atoms with Crippen LogP contribution in [0.4, 0.5) is 0 Å². The van der Waals surface area contributed by atoms with Gasteiger partial charge < -0.3 is 4.90 Å². The monoisotopic (exact) mass is 241 g/mol. The van der Waals surface area contributed by atoms with E-state index in [2.05, 4.69) is 46.6 Å². The molecule has 0 aromatic heterocycles. The smallest absolute Gasteiger partial charge is 0.00166 e. The van der Waals surface area contributed by atoms with Crippen molar-refractivity contribution in [3.63, 3.8) is 0 Å². The summed E-state index contributed by atoms with van der Waals surface area (Å²) in [5, 5.41) is 0. The highest BCUT2D eigenvalue weighted by molar-refractivity contribution is 4.78. The Hall–Kier alpha value is -0.0400. The van der Waals surface area contributed by atoms with E-state index in [-0.39, 0.29) is 0 Å². The molecule has 1 unspecified atom stereocenters. The molecule has 17 heavy (non-hydrogen) atoms. The summed E-state index contributed by atoms with van der Waals surface area (Å²) < 4.78 is 0. The van der Waals surface area contributed by atoms with Gasteiger partial charge in [-0.05, 0) is 44.3 Å². The molecule has 0 saturated carbocycles. The Kier molecular flexibility index (Phi) is 8.94. The van der Waals surface area contributed by atoms with Gasteiger partial charge in [0.2, 0.25) is 0 Å². The highest BCUT2D eigenvalue weighted by Crippen LogP contribution is 2.37. The van der Waals surface area contributed by atoms with Crippen LogP contribution in [0.3, 0.4) is 0 Å². The van der Waals surface area contributed by atoms with E-state index in [1.165, 1.54) is 51.6 Å². The van der Waals surface area contributed by atoms with Gasteiger partial charge in [-0.1, -0.05) is 60.3 Å². The third-order valence-corrected chi connectivity index (χ3v) is 4.93. The van der Waals surface area contributed by atoms with Crippen molar-refractivity contribution in [3.8, 4) is 0 Å². The average Bonchev–Trinajstić information content (AvgIpc) is 2.38. The first kappa shape index (κ1) is 17.0. The van der Waals surface area contributed by atoms with Crippen molar-refractivity contribution in [2.75, 3.05) is 20.1 Å². The molecule has 0 N–H and O–H groups in total. The SMILES string of the molecule is CCC(C)CCC(CC)(CC)CCN(C)CC. The lowest BCUT2D eigenvalue weighted by molar-refractivity contribution is 0.170. The van der Waals surface area contributed by atoms with E-state index in [0.29, 0.717) is 5.41 Å². The molecule has 0 radical (unpaired) electrons. The van der Waals surface area contributed by atoms with E-state index in [1.54, 1.807) is 0 Å². The molecule has 0 rings (SSSR count). The summed E-state index contributed by atoms with van der Waals surface area (Å²) in [4.78, 5) is 2.45. The van der Waals surface area contributed by atoms with Gasteiger partial charge in [0.25, 0.3) is 0 Å². The molecule has 104 valence electrons. The van der Waals surface area contributed by atoms with Crippen molar-refractivity contribution in [1.29, 1.82) is 0 Å². The van der Waals surface area contributed by atoms with Gasteiger partial charge in [-0.3, -0.25) is 0 Å². The van der Waals surface area contributed by atoms with Gasteiger partial charge in [0.05, 0.1) is 0 Å². The second-order valence-electron chi connectivity index (χ2n) is 5.91. The van der Waals surface area contributed by atoms with Gasteiger partial charge in [-0.25, -0.2) is 0 Å². The molecule has 0 saturated heterocycles. The third-order valence-electron chi connectivity index (χ3n) is 4.93. The molecule has 1 heteroatoms. The molecule has 0 heterocycles. The molecular formula is C16H35N. The van der Waals surface area contributed by atoms with E-state index >= 15 is 0 Å². The van der Waals surface area contributed by atoms with Crippen LogP contribution in [0.5, 0.6) is 0 Å². The largest absolute Gasteiger partial charge is 0.307 e. The van der Waals surface area contributed by atoms with Crippen molar-refractivity contribution < 1.29 is 0 Å². The van der Waals surface area contributed by atoms with Crippen molar-refractivity contribution in [3.05, 3.63) is 0 Å². The number of rotatable bonds is 10. The van der Waals surface area contributed by atoms with Crippen molar-refractivity contribution >= 4 is 0 Å². The molecule has 0 aliphatic carbocycles. The van der Waals surface area contributed by atoms with Crippen LogP contribution < -0.4 is 0 Å². The summed E-state index contributed by atoms with van der Waals surface area (Å²) in [7, 11) is 2.24. The van der Waals surface area contributed by atoms with Crippen molar-refractivity contribution in [1.82, 2.24) is 4.90 Å². The van der Waals surface area contributed by atoms with Crippen LogP contribution in [-0.4, -0.2) is 25.0 Å². The summed E-state index contributed by atoms with van der Waals surface area (Å²) in [6.45, 7) is 14.2. The Morgan fingerprint density at radius 3 is 2.00 bits per heavy atom. The molecule has 0 aliphatic rings. The fraction of sp³-hybridized carbons (Fsp3) is 1.00. The van der Waals surface area contributed by atoms with E-state index in [1.807, 2.05) is 0 Å². The van der Waals surface area contributed by atoms with Crippen molar-refractivity contribution in [2.24, 2.45) is 11.3 Å². The lowest BCUT2D eigenvalue weighted by atomic mass is 9.74. The molecule has 1 nitrogen and oxygen atoms in total. The van der Waals surface area contributed by atoms with Crippen LogP contribution >= 0.6 is 0 Å². The van der Waals surface area contributed by atoms with Crippen LogP contribution in [-0.2, 0) is 0 Å². The zero-order valence-corrected chi connectivity index (χ0v) is 13.2. The van der Waals surface area contributed by atoms with Crippen LogP contribution in [0.1, 0.15) is 73.1 Å². The van der Waals surface area contributed by atoms with E-state index in [0.717, 1.165) is 5.92 Å². The predicted octanol–water partition coefficient (Wildman–Crippen LogP) is 4.96. The molecule has 1 atom stereocenters. The van der Waals surface area contributed by atoms with Gasteiger partial charge in [-0.15, -0.1) is 0 Å². The minimum atomic E-state index is 0.604. The molecule has 0 aromatic carbocycles. The topological polar surface area (TPSA) is 3.24 Å². The molecule has 0 spiro atoms. The molecule has 0 amide bonds. The second-order valence-corrected chi connectivity index (χ2v) is 5.91. The highest BCUT2D eigenvalue weighted by atomic mass is 15.1. The summed E-state index contributed by atoms with van der Waals surface area (Å²) in [6, 6.07) is 0. The summed E-state index contributed by atoms with van der Waals surface area (Å²) in [5.41, 5.74) is 0.604. The Bertz CT molecular complexity index is 156. The quantitative estimate of drug-likeness (QED) is 0.522. The number of hydrogen-bond acceptors (Lipinski definition) is 1. The molecule has 0 aromatic rings. The highest BCUT2D eigenvalue weighted by Gasteiger charge is 2.26. The van der Waals surface area contributed by atoms with Crippen LogP contribution in [0.15, 0.2) is 0 Å². The van der Waals surface area contributed by atoms with Crippen LogP contribution in [0.2, 0.25) is 0 Å². The lowest BCUT2D eigenvalue weighted by Crippen LogP contribution is -2.28. The zero-order chi connectivity index (χ0) is 13.3. The predicted molar refractivity (Wildman–Crippen MR) is 79.5 cm³/mol. The van der Waals surface area contributed by atoms with E-state index < -0.39 is 0 Å². The van der Waals surface area contributed by atoms with Gasteiger partial charge in [-0.2, -0.15) is 0 Å². The first-order valence-corrected chi connectivity index (χ1v) is 7.72. The number of hydrogen-bond donors (Lipinski definition) is 0. The summed E-state index contributed by atoms with van der Waals surface area (Å²) in [5.74, 6) is 0.899. The molecule has 0 aliphatic heterocycles. The van der Waals surface area contributed by atoms with Crippen LogP contribution in [0.25, 0.3) is 0 Å². The normalized spacial score (nSPS) is 14.3. The summed E-state index contributed by atoms with van der Waals surface area (Å²) in [6.07, 6.45) is 8.23. The Morgan fingerprint density at radius 2 is 1.59 bits per heavy atom. The summed E-state index contributed by atoms with van der Waals surface area (Å²) >= 11 is 0. The second kappa shape index (κ2) is 8.97. The fourth-order valence-electron chi connectivity index (χ4n) is 2.42. The lowest BCUT2D eigenvalue weighted by Gasteiger charge is -2.34. The van der Waals surface area contributed by atoms with Gasteiger partial charge in [0, 0.05) is 0 Å². The first-order valence-electron chi connectivity index (χ1n) is 7.72. The minimum absolute atomic E-state index is 0.604. The van der Waals surface area contributed by atoms with Gasteiger partial charge in [0.15, 0.2) is 0 Å². The Morgan fingerprint density at radius 1 is 1.00 bits per heavy atom. The van der Waals surface area contributed by atoms with Crippen molar-refractivity contribution in [2.45, 2.75) is 73.1 Å². The Labute approximate surface area is 110 Å². The molecule has 0 bridgehead atoms. The number of nitrogens with zero attached hydrogens (tertiary/aromatic N) is 1.